The minimum atomic E-state index is -3.27. The van der Waals surface area contributed by atoms with E-state index in [1.165, 1.54) is 0 Å². The molecule has 3 aromatic rings. The molecular formula is C30H36FN5O4Si. The molecule has 216 valence electrons. The van der Waals surface area contributed by atoms with Crippen molar-refractivity contribution in [2.75, 3.05) is 23.0 Å². The van der Waals surface area contributed by atoms with Crippen LogP contribution in [0.2, 0.25) is 18.6 Å². The topological polar surface area (TPSA) is 101 Å². The van der Waals surface area contributed by atoms with Gasteiger partial charge in [-0.25, -0.2) is 0 Å². The third-order valence-electron chi connectivity index (χ3n) is 8.88. The van der Waals surface area contributed by atoms with Crippen molar-refractivity contribution in [3.63, 3.8) is 0 Å². The molecule has 6 rings (SSSR count). The van der Waals surface area contributed by atoms with Crippen molar-refractivity contribution in [1.29, 1.82) is 0 Å². The minimum absolute atomic E-state index is 0.00707. The number of carbonyl (C=O) groups is 2. The molecule has 2 amide bonds. The molecule has 41 heavy (non-hydrogen) atoms. The van der Waals surface area contributed by atoms with Crippen LogP contribution in [-0.2, 0) is 39.4 Å². The summed E-state index contributed by atoms with van der Waals surface area (Å²) in [6.45, 7) is 6.84. The molecule has 0 bridgehead atoms. The van der Waals surface area contributed by atoms with Gasteiger partial charge >= 0.3 is 0 Å². The first-order valence-electron chi connectivity index (χ1n) is 14.3. The number of ether oxygens (including phenoxy) is 1. The molecule has 0 aliphatic carbocycles. The molecule has 0 unspecified atom stereocenters. The van der Waals surface area contributed by atoms with Crippen molar-refractivity contribution in [3.8, 4) is 0 Å². The maximum atomic E-state index is 16.0. The summed E-state index contributed by atoms with van der Waals surface area (Å²) in [5.41, 5.74) is 2.31. The number of aromatic nitrogens is 3. The average molecular weight is 578 g/mol. The Bertz CT molecular complexity index is 1470. The van der Waals surface area contributed by atoms with E-state index in [9.17, 15) is 14.7 Å². The summed E-state index contributed by atoms with van der Waals surface area (Å²) in [5, 5.41) is 17.4. The van der Waals surface area contributed by atoms with E-state index < -0.39 is 25.7 Å². The maximum Gasteiger partial charge on any atom is 0.264 e. The van der Waals surface area contributed by atoms with Crippen molar-refractivity contribution in [3.05, 3.63) is 71.5 Å². The molecule has 4 atom stereocenters. The molecule has 3 aliphatic rings. The molecule has 0 radical (unpaired) electrons. The monoisotopic (exact) mass is 577 g/mol. The highest BCUT2D eigenvalue weighted by molar-refractivity contribution is 6.72. The molecule has 1 aromatic heterocycles. The summed E-state index contributed by atoms with van der Waals surface area (Å²) in [4.78, 5) is 30.0. The second kappa shape index (κ2) is 10.5. The standard InChI is InChI=1S/C30H36FN5O4Si/c1-20-28(41(2,3)31)26(11-14-34-19-22(13-16-37)32-33-34)40-30(20)24-9-4-5-10-25(24)36(29(30)39)18-21-7-6-8-23(17-21)35-15-12-27(35)38/h4-10,17,19-20,26,28,37H,11-16,18H2,1-3H3/t20-,26+,28-,30+/m0/s1. The Morgan fingerprint density at radius 2 is 1.98 bits per heavy atom. The Labute approximate surface area is 240 Å². The van der Waals surface area contributed by atoms with Crippen LogP contribution in [-0.4, -0.2) is 59.6 Å². The fraction of sp³-hybridized carbons (Fsp3) is 0.467. The van der Waals surface area contributed by atoms with E-state index in [0.717, 1.165) is 22.5 Å². The predicted molar refractivity (Wildman–Crippen MR) is 155 cm³/mol. The molecule has 2 saturated heterocycles. The molecule has 2 fully saturated rings. The zero-order valence-corrected chi connectivity index (χ0v) is 24.7. The van der Waals surface area contributed by atoms with Gasteiger partial charge in [0.05, 0.1) is 24.0 Å². The highest BCUT2D eigenvalue weighted by Gasteiger charge is 2.66. The molecule has 1 spiro atoms. The SMILES string of the molecule is C[C@H]1[C@H]([Si](C)(C)F)[C@@H](CCn2cc(CCO)nn2)O[C@]12C(=O)N(Cc1cccc(N3CCC3=O)c1)c1ccccc12. The van der Waals surface area contributed by atoms with Crippen LogP contribution in [0.3, 0.4) is 0 Å². The first-order chi connectivity index (χ1) is 19.6. The Hall–Kier alpha value is -3.41. The van der Waals surface area contributed by atoms with Gasteiger partial charge in [0.1, 0.15) is 0 Å². The summed E-state index contributed by atoms with van der Waals surface area (Å²) < 4.78 is 24.5. The van der Waals surface area contributed by atoms with Gasteiger partial charge in [-0.15, -0.1) is 5.10 Å². The van der Waals surface area contributed by atoms with Crippen LogP contribution in [0, 0.1) is 5.92 Å². The van der Waals surface area contributed by atoms with E-state index in [-0.39, 0.29) is 24.3 Å². The quantitative estimate of drug-likeness (QED) is 0.235. The number of fused-ring (bicyclic) bond motifs is 2. The van der Waals surface area contributed by atoms with Crippen molar-refractivity contribution in [2.45, 2.75) is 69.6 Å². The lowest BCUT2D eigenvalue weighted by molar-refractivity contribution is -0.146. The number of nitrogens with zero attached hydrogens (tertiary/aromatic N) is 5. The Morgan fingerprint density at radius 1 is 1.17 bits per heavy atom. The van der Waals surface area contributed by atoms with Crippen LogP contribution in [0.5, 0.6) is 0 Å². The van der Waals surface area contributed by atoms with Crippen LogP contribution in [0.4, 0.5) is 15.5 Å². The van der Waals surface area contributed by atoms with Gasteiger partial charge in [0.25, 0.3) is 5.91 Å². The van der Waals surface area contributed by atoms with Gasteiger partial charge in [-0.05, 0) is 43.3 Å². The second-order valence-electron chi connectivity index (χ2n) is 11.9. The number of halogens is 1. The van der Waals surface area contributed by atoms with Crippen molar-refractivity contribution in [2.24, 2.45) is 5.92 Å². The fourth-order valence-electron chi connectivity index (χ4n) is 6.96. The molecule has 1 N–H and O–H groups in total. The molecule has 11 heteroatoms. The minimum Gasteiger partial charge on any atom is -0.396 e. The van der Waals surface area contributed by atoms with Gasteiger partial charge in [-0.2, -0.15) is 0 Å². The van der Waals surface area contributed by atoms with Crippen LogP contribution < -0.4 is 9.80 Å². The van der Waals surface area contributed by atoms with Crippen molar-refractivity contribution >= 4 is 31.6 Å². The van der Waals surface area contributed by atoms with Crippen molar-refractivity contribution < 1.29 is 23.5 Å². The highest BCUT2D eigenvalue weighted by atomic mass is 28.4. The van der Waals surface area contributed by atoms with Gasteiger partial charge in [-0.3, -0.25) is 14.3 Å². The Balaban J connectivity index is 1.31. The third-order valence-corrected chi connectivity index (χ3v) is 11.3. The lowest BCUT2D eigenvalue weighted by Crippen LogP contribution is -2.45. The molecule has 2 aromatic carbocycles. The van der Waals surface area contributed by atoms with E-state index in [1.54, 1.807) is 33.8 Å². The number of anilines is 2. The number of benzene rings is 2. The predicted octanol–water partition coefficient (Wildman–Crippen LogP) is 3.96. The number of aryl methyl sites for hydroxylation is 1. The number of hydrogen-bond donors (Lipinski definition) is 1. The summed E-state index contributed by atoms with van der Waals surface area (Å²) in [7, 11) is -3.27. The number of aliphatic hydroxyl groups excluding tert-OH is 1. The van der Waals surface area contributed by atoms with Crippen LogP contribution in [0.15, 0.2) is 54.7 Å². The highest BCUT2D eigenvalue weighted by Crippen LogP contribution is 2.60. The smallest absolute Gasteiger partial charge is 0.264 e. The van der Waals surface area contributed by atoms with Crippen LogP contribution >= 0.6 is 0 Å². The Morgan fingerprint density at radius 3 is 2.68 bits per heavy atom. The summed E-state index contributed by atoms with van der Waals surface area (Å²) in [6, 6.07) is 15.4. The summed E-state index contributed by atoms with van der Waals surface area (Å²) in [6.07, 6.45) is 2.78. The third kappa shape index (κ3) is 4.69. The van der Waals surface area contributed by atoms with E-state index in [2.05, 4.69) is 10.3 Å². The lowest BCUT2D eigenvalue weighted by Gasteiger charge is -2.32. The molecule has 9 nitrogen and oxygen atoms in total. The lowest BCUT2D eigenvalue weighted by atomic mass is 9.82. The van der Waals surface area contributed by atoms with Crippen LogP contribution in [0.1, 0.15) is 36.6 Å². The molecule has 0 saturated carbocycles. The van der Waals surface area contributed by atoms with Gasteiger partial charge in [0.2, 0.25) is 14.3 Å². The average Bonchev–Trinajstić information content (AvgIpc) is 3.57. The van der Waals surface area contributed by atoms with E-state index in [0.29, 0.717) is 44.6 Å². The van der Waals surface area contributed by atoms with Crippen molar-refractivity contribution in [1.82, 2.24) is 15.0 Å². The normalized spacial score (nSPS) is 25.7. The van der Waals surface area contributed by atoms with E-state index in [1.807, 2.05) is 55.5 Å². The molecule has 3 aliphatic heterocycles. The number of hydrogen-bond acceptors (Lipinski definition) is 6. The fourth-order valence-corrected chi connectivity index (χ4v) is 9.50. The number of aliphatic hydroxyl groups is 1. The molecular weight excluding hydrogens is 541 g/mol. The number of para-hydroxylation sites is 1. The van der Waals surface area contributed by atoms with Gasteiger partial charge < -0.3 is 23.8 Å². The van der Waals surface area contributed by atoms with E-state index >= 15 is 4.11 Å². The van der Waals surface area contributed by atoms with Crippen LogP contribution in [0.25, 0.3) is 0 Å². The van der Waals surface area contributed by atoms with Gasteiger partial charge in [-0.1, -0.05) is 42.5 Å². The van der Waals surface area contributed by atoms with Gasteiger partial charge in [0, 0.05) is 61.4 Å². The number of carbonyl (C=O) groups excluding carboxylic acids is 2. The first kappa shape index (κ1) is 27.7. The second-order valence-corrected chi connectivity index (χ2v) is 15.7. The van der Waals surface area contributed by atoms with E-state index in [4.69, 9.17) is 4.74 Å². The molecule has 4 heterocycles. The summed E-state index contributed by atoms with van der Waals surface area (Å²) in [5.74, 6) is -0.445. The largest absolute Gasteiger partial charge is 0.396 e. The number of β-lactam (4-membered cyclic amide) rings is 1. The maximum absolute atomic E-state index is 16.0. The number of amides is 2. The summed E-state index contributed by atoms with van der Waals surface area (Å²) >= 11 is 0. The Kier molecular flexibility index (Phi) is 7.07. The first-order valence-corrected chi connectivity index (χ1v) is 17.3. The zero-order chi connectivity index (χ0) is 28.9. The van der Waals surface area contributed by atoms with Gasteiger partial charge in [0.15, 0.2) is 5.60 Å². The zero-order valence-electron chi connectivity index (χ0n) is 23.7. The number of rotatable bonds is 9.